The predicted molar refractivity (Wildman–Crippen MR) is 124 cm³/mol. The number of hydrogen-bond donors (Lipinski definition) is 3. The van der Waals surface area contributed by atoms with E-state index in [0.29, 0.717) is 5.69 Å². The number of aromatic nitrogens is 6. The molecule has 0 saturated carbocycles. The number of anilines is 1. The molecule has 0 aliphatic heterocycles. The van der Waals surface area contributed by atoms with Gasteiger partial charge in [-0.05, 0) is 24.3 Å². The zero-order valence-electron chi connectivity index (χ0n) is 17.5. The Morgan fingerprint density at radius 3 is 2.39 bits per heavy atom. The topological polar surface area (TPSA) is 161 Å². The normalized spacial score (nSPS) is 11.5. The number of fused-ring (bicyclic) bond motifs is 1. The molecule has 0 radical (unpaired) electrons. The summed E-state index contributed by atoms with van der Waals surface area (Å²) in [5.74, 6) is -0.505. The quantitative estimate of drug-likeness (QED) is 0.248. The molecule has 4 aromatic rings. The van der Waals surface area contributed by atoms with Crippen molar-refractivity contribution in [1.29, 1.82) is 0 Å². The Morgan fingerprint density at radius 2 is 1.73 bits per heavy atom. The van der Waals surface area contributed by atoms with Crippen LogP contribution >= 0.6 is 15.9 Å². The Morgan fingerprint density at radius 1 is 1.06 bits per heavy atom. The number of rotatable bonds is 4. The molecular formula is C19H17BrN8O5. The fraction of sp³-hybridized carbons (Fsp3) is 0.158. The van der Waals surface area contributed by atoms with Crippen molar-refractivity contribution in [2.75, 3.05) is 5.43 Å². The van der Waals surface area contributed by atoms with E-state index in [1.54, 1.807) is 31.3 Å². The Labute approximate surface area is 192 Å². The summed E-state index contributed by atoms with van der Waals surface area (Å²) < 4.78 is 5.27. The maximum Gasteiger partial charge on any atom is 0.335 e. The van der Waals surface area contributed by atoms with E-state index in [1.165, 1.54) is 23.2 Å². The third-order valence-corrected chi connectivity index (χ3v) is 5.57. The maximum absolute atomic E-state index is 12.5. The van der Waals surface area contributed by atoms with Gasteiger partial charge in [-0.1, -0.05) is 15.9 Å². The van der Waals surface area contributed by atoms with Crippen LogP contribution in [0.3, 0.4) is 0 Å². The lowest BCUT2D eigenvalue weighted by molar-refractivity contribution is 0.430. The lowest BCUT2D eigenvalue weighted by Crippen LogP contribution is -2.37. The van der Waals surface area contributed by atoms with Crippen molar-refractivity contribution in [3.05, 3.63) is 76.0 Å². The van der Waals surface area contributed by atoms with Crippen LogP contribution in [0.1, 0.15) is 5.56 Å². The Balaban J connectivity index is 1.75. The Bertz CT molecular complexity index is 1670. The van der Waals surface area contributed by atoms with Crippen molar-refractivity contribution < 1.29 is 5.11 Å². The van der Waals surface area contributed by atoms with Crippen LogP contribution in [-0.2, 0) is 21.1 Å². The smallest absolute Gasteiger partial charge is 0.335 e. The first-order chi connectivity index (χ1) is 15.6. The molecule has 0 unspecified atom stereocenters. The summed E-state index contributed by atoms with van der Waals surface area (Å²) >= 11 is 3.29. The van der Waals surface area contributed by atoms with Crippen LogP contribution in [0.4, 0.5) is 5.95 Å². The molecule has 3 N–H and O–H groups in total. The van der Waals surface area contributed by atoms with Gasteiger partial charge < -0.3 is 9.67 Å². The minimum Gasteiger partial charge on any atom is -0.493 e. The highest BCUT2D eigenvalue weighted by molar-refractivity contribution is 9.10. The summed E-state index contributed by atoms with van der Waals surface area (Å²) in [6, 6.07) is 6.50. The largest absolute Gasteiger partial charge is 0.493 e. The van der Waals surface area contributed by atoms with E-state index < -0.39 is 28.4 Å². The number of aryl methyl sites for hydroxylation is 2. The van der Waals surface area contributed by atoms with Gasteiger partial charge in [0.25, 0.3) is 11.1 Å². The molecule has 0 amide bonds. The number of nitrogens with zero attached hydrogens (tertiary/aromatic N) is 6. The fourth-order valence-corrected chi connectivity index (χ4v) is 3.52. The summed E-state index contributed by atoms with van der Waals surface area (Å²) in [4.78, 5) is 55.4. The Kier molecular flexibility index (Phi) is 5.37. The van der Waals surface area contributed by atoms with Crippen molar-refractivity contribution in [3.63, 3.8) is 0 Å². The van der Waals surface area contributed by atoms with Gasteiger partial charge in [0.15, 0.2) is 11.2 Å². The average molecular weight is 517 g/mol. The number of imidazole rings is 1. The second-order valence-electron chi connectivity index (χ2n) is 7.05. The van der Waals surface area contributed by atoms with Crippen molar-refractivity contribution in [2.24, 2.45) is 26.2 Å². The monoisotopic (exact) mass is 516 g/mol. The summed E-state index contributed by atoms with van der Waals surface area (Å²) in [5.41, 5.74) is 0.197. The molecule has 0 aliphatic rings. The van der Waals surface area contributed by atoms with E-state index in [2.05, 4.69) is 36.4 Å². The lowest BCUT2D eigenvalue weighted by atomic mass is 10.3. The van der Waals surface area contributed by atoms with E-state index in [1.807, 2.05) is 0 Å². The SMILES string of the molecule is Cn1c(=O)c2c(nc(N/N=C/c3c(O)n(-c4ccc(Br)cc4)c(=O)[nH]c3=O)n2C)n(C)c1=O. The van der Waals surface area contributed by atoms with E-state index >= 15 is 0 Å². The standard InChI is InChI=1S/C19H17BrN8O5/c1-25-12-13(26(2)19(33)27(3)16(12)31)22-17(25)24-21-8-11-14(29)23-18(32)28(15(11)30)10-6-4-9(20)5-7-10/h4-8,30H,1-3H3,(H,22,24)(H,23,29,32)/b21-8+. The summed E-state index contributed by atoms with van der Waals surface area (Å²) in [5, 5.41) is 14.5. The number of benzene rings is 1. The second-order valence-corrected chi connectivity index (χ2v) is 7.97. The first-order valence-corrected chi connectivity index (χ1v) is 10.2. The highest BCUT2D eigenvalue weighted by atomic mass is 79.9. The highest BCUT2D eigenvalue weighted by Crippen LogP contribution is 2.18. The summed E-state index contributed by atoms with van der Waals surface area (Å²) in [6.07, 6.45) is 1.01. The van der Waals surface area contributed by atoms with Crippen molar-refractivity contribution >= 4 is 39.3 Å². The van der Waals surface area contributed by atoms with Crippen molar-refractivity contribution in [2.45, 2.75) is 0 Å². The number of aromatic amines is 1. The van der Waals surface area contributed by atoms with Gasteiger partial charge in [0, 0.05) is 25.6 Å². The summed E-state index contributed by atoms with van der Waals surface area (Å²) in [6.45, 7) is 0. The zero-order valence-corrected chi connectivity index (χ0v) is 19.1. The van der Waals surface area contributed by atoms with Crippen LogP contribution in [0.5, 0.6) is 5.88 Å². The van der Waals surface area contributed by atoms with Gasteiger partial charge in [-0.25, -0.2) is 19.6 Å². The van der Waals surface area contributed by atoms with Crippen molar-refractivity contribution in [3.8, 4) is 11.6 Å². The van der Waals surface area contributed by atoms with E-state index in [0.717, 1.165) is 19.8 Å². The molecule has 33 heavy (non-hydrogen) atoms. The van der Waals surface area contributed by atoms with E-state index in [4.69, 9.17) is 0 Å². The van der Waals surface area contributed by atoms with Crippen LogP contribution in [0, 0.1) is 0 Å². The second kappa shape index (κ2) is 8.05. The first-order valence-electron chi connectivity index (χ1n) is 9.37. The van der Waals surface area contributed by atoms with Crippen LogP contribution in [0.25, 0.3) is 16.9 Å². The van der Waals surface area contributed by atoms with Crippen LogP contribution in [0.15, 0.2) is 53.0 Å². The number of hydrogen-bond acceptors (Lipinski definition) is 8. The molecule has 0 aliphatic carbocycles. The average Bonchev–Trinajstić information content (AvgIpc) is 3.10. The van der Waals surface area contributed by atoms with E-state index in [9.17, 15) is 24.3 Å². The highest BCUT2D eigenvalue weighted by Gasteiger charge is 2.17. The molecular weight excluding hydrogens is 500 g/mol. The van der Waals surface area contributed by atoms with Crippen LogP contribution in [0.2, 0.25) is 0 Å². The molecule has 4 rings (SSSR count). The summed E-state index contributed by atoms with van der Waals surface area (Å²) in [7, 11) is 4.39. The van der Waals surface area contributed by atoms with Gasteiger partial charge in [0.2, 0.25) is 11.8 Å². The number of nitrogens with one attached hydrogen (secondary N) is 2. The molecule has 0 bridgehead atoms. The predicted octanol–water partition coefficient (Wildman–Crippen LogP) is -0.276. The molecule has 0 spiro atoms. The van der Waals surface area contributed by atoms with Gasteiger partial charge in [-0.15, -0.1) is 0 Å². The molecule has 14 heteroatoms. The number of hydrazone groups is 1. The zero-order chi connectivity index (χ0) is 24.0. The molecule has 170 valence electrons. The molecule has 0 saturated heterocycles. The maximum atomic E-state index is 12.5. The molecule has 13 nitrogen and oxygen atoms in total. The molecule has 0 fully saturated rings. The molecule has 0 atom stereocenters. The Hall–Kier alpha value is -4.20. The third kappa shape index (κ3) is 3.59. The minimum absolute atomic E-state index is 0.108. The third-order valence-electron chi connectivity index (χ3n) is 5.04. The van der Waals surface area contributed by atoms with Gasteiger partial charge in [-0.3, -0.25) is 23.7 Å². The molecule has 3 heterocycles. The van der Waals surface area contributed by atoms with Gasteiger partial charge >= 0.3 is 11.4 Å². The van der Waals surface area contributed by atoms with Crippen LogP contribution in [-0.4, -0.2) is 39.6 Å². The number of aromatic hydroxyl groups is 1. The molecule has 3 aromatic heterocycles. The van der Waals surface area contributed by atoms with E-state index in [-0.39, 0.29) is 22.7 Å². The fourth-order valence-electron chi connectivity index (χ4n) is 3.26. The van der Waals surface area contributed by atoms with Gasteiger partial charge in [-0.2, -0.15) is 10.1 Å². The number of H-pyrrole nitrogens is 1. The van der Waals surface area contributed by atoms with Crippen molar-refractivity contribution in [1.82, 2.24) is 28.2 Å². The first kappa shape index (κ1) is 22.0. The van der Waals surface area contributed by atoms with Crippen LogP contribution < -0.4 is 27.9 Å². The molecule has 1 aromatic carbocycles. The lowest BCUT2D eigenvalue weighted by Gasteiger charge is -2.09. The number of halogens is 1. The van der Waals surface area contributed by atoms with Gasteiger partial charge in [0.1, 0.15) is 5.56 Å². The minimum atomic E-state index is -0.849. The van der Waals surface area contributed by atoms with Gasteiger partial charge in [0.05, 0.1) is 11.9 Å².